The molecule has 1 aliphatic rings. The van der Waals surface area contributed by atoms with Crippen molar-refractivity contribution in [2.45, 2.75) is 71.5 Å². The molecular formula is C26H33BrN2O3. The van der Waals surface area contributed by atoms with Gasteiger partial charge in [-0.2, -0.15) is 0 Å². The van der Waals surface area contributed by atoms with Crippen LogP contribution in [0.15, 0.2) is 46.9 Å². The third-order valence-corrected chi connectivity index (χ3v) is 7.10. The Balaban J connectivity index is 1.72. The lowest BCUT2D eigenvalue weighted by Crippen LogP contribution is -2.51. The number of hydrogen-bond acceptors (Lipinski definition) is 3. The van der Waals surface area contributed by atoms with E-state index in [1.807, 2.05) is 56.3 Å². The maximum atomic E-state index is 13.2. The first kappa shape index (κ1) is 24.3. The van der Waals surface area contributed by atoms with E-state index in [1.165, 1.54) is 6.42 Å². The second-order valence-corrected chi connectivity index (χ2v) is 9.52. The van der Waals surface area contributed by atoms with E-state index < -0.39 is 6.04 Å². The standard InChI is InChI=1S/C26H33BrN2O3/c1-18-9-7-8-10-21(18)16-29(20(3)26(31)28-22-11-5-4-6-12-22)25(30)17-32-23-13-14-24(27)19(2)15-23/h7-10,13-15,20,22H,4-6,11-12,16-17H2,1-3H3,(H,28,31). The first-order valence-electron chi connectivity index (χ1n) is 11.4. The van der Waals surface area contributed by atoms with E-state index in [0.29, 0.717) is 12.3 Å². The molecule has 3 rings (SSSR count). The number of benzene rings is 2. The maximum Gasteiger partial charge on any atom is 0.261 e. The lowest BCUT2D eigenvalue weighted by molar-refractivity contribution is -0.142. The van der Waals surface area contributed by atoms with E-state index in [1.54, 1.807) is 11.8 Å². The van der Waals surface area contributed by atoms with Crippen molar-refractivity contribution >= 4 is 27.7 Å². The van der Waals surface area contributed by atoms with E-state index >= 15 is 0 Å². The highest BCUT2D eigenvalue weighted by molar-refractivity contribution is 9.10. The van der Waals surface area contributed by atoms with Crippen molar-refractivity contribution < 1.29 is 14.3 Å². The average Bonchev–Trinajstić information content (AvgIpc) is 2.79. The molecule has 1 aliphatic carbocycles. The average molecular weight is 501 g/mol. The third-order valence-electron chi connectivity index (χ3n) is 6.21. The van der Waals surface area contributed by atoms with Gasteiger partial charge in [-0.25, -0.2) is 0 Å². The summed E-state index contributed by atoms with van der Waals surface area (Å²) < 4.78 is 6.78. The van der Waals surface area contributed by atoms with Crippen molar-refractivity contribution in [2.24, 2.45) is 0 Å². The molecule has 2 aromatic carbocycles. The molecule has 0 aliphatic heterocycles. The van der Waals surface area contributed by atoms with E-state index in [4.69, 9.17) is 4.74 Å². The molecule has 0 aromatic heterocycles. The number of carbonyl (C=O) groups excluding carboxylic acids is 2. The van der Waals surface area contributed by atoms with Gasteiger partial charge in [-0.05, 0) is 68.5 Å². The molecule has 0 saturated heterocycles. The minimum atomic E-state index is -0.584. The predicted octanol–water partition coefficient (Wildman–Crippen LogP) is 5.31. The van der Waals surface area contributed by atoms with Crippen molar-refractivity contribution in [3.8, 4) is 5.75 Å². The van der Waals surface area contributed by atoms with Crippen molar-refractivity contribution in [1.29, 1.82) is 0 Å². The molecule has 2 aromatic rings. The molecule has 1 unspecified atom stereocenters. The molecule has 32 heavy (non-hydrogen) atoms. The van der Waals surface area contributed by atoms with Gasteiger partial charge in [0.25, 0.3) is 5.91 Å². The van der Waals surface area contributed by atoms with E-state index in [9.17, 15) is 9.59 Å². The Hall–Kier alpha value is -2.34. The number of nitrogens with zero attached hydrogens (tertiary/aromatic N) is 1. The summed E-state index contributed by atoms with van der Waals surface area (Å²) >= 11 is 3.48. The summed E-state index contributed by atoms with van der Waals surface area (Å²) in [4.78, 5) is 27.9. The van der Waals surface area contributed by atoms with Crippen LogP contribution >= 0.6 is 15.9 Å². The molecule has 1 fully saturated rings. The number of nitrogens with one attached hydrogen (secondary N) is 1. The zero-order chi connectivity index (χ0) is 23.1. The smallest absolute Gasteiger partial charge is 0.261 e. The number of rotatable bonds is 8. The zero-order valence-electron chi connectivity index (χ0n) is 19.2. The van der Waals surface area contributed by atoms with E-state index in [2.05, 4.69) is 21.2 Å². The van der Waals surface area contributed by atoms with Crippen LogP contribution in [-0.2, 0) is 16.1 Å². The molecule has 172 valence electrons. The van der Waals surface area contributed by atoms with Gasteiger partial charge in [-0.3, -0.25) is 9.59 Å². The van der Waals surface area contributed by atoms with Crippen LogP contribution in [0.25, 0.3) is 0 Å². The first-order chi connectivity index (χ1) is 15.3. The SMILES string of the molecule is Cc1cc(OCC(=O)N(Cc2ccccc2C)C(C)C(=O)NC2CCCCC2)ccc1Br. The predicted molar refractivity (Wildman–Crippen MR) is 131 cm³/mol. The highest BCUT2D eigenvalue weighted by Crippen LogP contribution is 2.22. The minimum Gasteiger partial charge on any atom is -0.484 e. The molecule has 0 heterocycles. The Morgan fingerprint density at radius 2 is 1.81 bits per heavy atom. The number of ether oxygens (including phenoxy) is 1. The highest BCUT2D eigenvalue weighted by Gasteiger charge is 2.28. The second-order valence-electron chi connectivity index (χ2n) is 8.67. The topological polar surface area (TPSA) is 58.6 Å². The normalized spacial score (nSPS) is 15.1. The van der Waals surface area contributed by atoms with Crippen molar-refractivity contribution in [1.82, 2.24) is 10.2 Å². The quantitative estimate of drug-likeness (QED) is 0.534. The molecular weight excluding hydrogens is 468 g/mol. The van der Waals surface area contributed by atoms with Crippen molar-refractivity contribution in [3.63, 3.8) is 0 Å². The first-order valence-corrected chi connectivity index (χ1v) is 12.2. The molecule has 0 radical (unpaired) electrons. The summed E-state index contributed by atoms with van der Waals surface area (Å²) in [5, 5.41) is 3.16. The van der Waals surface area contributed by atoms with E-state index in [0.717, 1.165) is 46.8 Å². The molecule has 5 nitrogen and oxygen atoms in total. The Bertz CT molecular complexity index is 940. The monoisotopic (exact) mass is 500 g/mol. The summed E-state index contributed by atoms with van der Waals surface area (Å²) in [6, 6.07) is 13.2. The van der Waals surface area contributed by atoms with Crippen molar-refractivity contribution in [3.05, 3.63) is 63.6 Å². The number of hydrogen-bond donors (Lipinski definition) is 1. The molecule has 0 bridgehead atoms. The fraction of sp³-hybridized carbons (Fsp3) is 0.462. The number of halogens is 1. The zero-order valence-corrected chi connectivity index (χ0v) is 20.8. The van der Waals surface area contributed by atoms with Gasteiger partial charge in [0.2, 0.25) is 5.91 Å². The lowest BCUT2D eigenvalue weighted by atomic mass is 9.95. The molecule has 1 N–H and O–H groups in total. The van der Waals surface area contributed by atoms with E-state index in [-0.39, 0.29) is 24.5 Å². The fourth-order valence-electron chi connectivity index (χ4n) is 4.06. The number of carbonyl (C=O) groups is 2. The van der Waals surface area contributed by atoms with Gasteiger partial charge in [0.05, 0.1) is 0 Å². The molecule has 0 spiro atoms. The summed E-state index contributed by atoms with van der Waals surface area (Å²) in [6.07, 6.45) is 5.54. The molecule has 6 heteroatoms. The Morgan fingerprint density at radius 1 is 1.09 bits per heavy atom. The van der Waals surface area contributed by atoms with Crippen LogP contribution in [0.5, 0.6) is 5.75 Å². The summed E-state index contributed by atoms with van der Waals surface area (Å²) in [5.41, 5.74) is 3.15. The van der Waals surface area contributed by atoms with Crippen LogP contribution < -0.4 is 10.1 Å². The summed E-state index contributed by atoms with van der Waals surface area (Å²) in [5.74, 6) is 0.327. The van der Waals surface area contributed by atoms with Crippen LogP contribution in [0.2, 0.25) is 0 Å². The van der Waals surface area contributed by atoms with Gasteiger partial charge < -0.3 is 15.0 Å². The van der Waals surface area contributed by atoms with Gasteiger partial charge >= 0.3 is 0 Å². The fourth-order valence-corrected chi connectivity index (χ4v) is 4.30. The number of aryl methyl sites for hydroxylation is 2. The van der Waals surface area contributed by atoms with Crippen LogP contribution in [0.4, 0.5) is 0 Å². The van der Waals surface area contributed by atoms with Crippen LogP contribution in [0, 0.1) is 13.8 Å². The van der Waals surface area contributed by atoms with Gasteiger partial charge in [-0.15, -0.1) is 0 Å². The number of amides is 2. The van der Waals surface area contributed by atoms with Crippen LogP contribution in [0.1, 0.15) is 55.7 Å². The van der Waals surface area contributed by atoms with Crippen LogP contribution in [-0.4, -0.2) is 35.4 Å². The molecule has 1 saturated carbocycles. The third kappa shape index (κ3) is 6.58. The van der Waals surface area contributed by atoms with Crippen molar-refractivity contribution in [2.75, 3.05) is 6.61 Å². The summed E-state index contributed by atoms with van der Waals surface area (Å²) in [6.45, 7) is 6.05. The van der Waals surface area contributed by atoms with Gasteiger partial charge in [0.1, 0.15) is 11.8 Å². The second kappa shape index (κ2) is 11.5. The minimum absolute atomic E-state index is 0.0988. The van der Waals surface area contributed by atoms with Crippen LogP contribution in [0.3, 0.4) is 0 Å². The Labute approximate surface area is 199 Å². The highest BCUT2D eigenvalue weighted by atomic mass is 79.9. The molecule has 1 atom stereocenters. The maximum absolute atomic E-state index is 13.2. The van der Waals surface area contributed by atoms with Gasteiger partial charge in [0, 0.05) is 17.1 Å². The Kier molecular flexibility index (Phi) is 8.74. The summed E-state index contributed by atoms with van der Waals surface area (Å²) in [7, 11) is 0. The Morgan fingerprint density at radius 3 is 2.50 bits per heavy atom. The van der Waals surface area contributed by atoms with Gasteiger partial charge in [0.15, 0.2) is 6.61 Å². The lowest BCUT2D eigenvalue weighted by Gasteiger charge is -2.31. The largest absolute Gasteiger partial charge is 0.484 e. The molecule has 2 amide bonds. The van der Waals surface area contributed by atoms with Gasteiger partial charge in [-0.1, -0.05) is 59.5 Å².